The molecule has 0 aliphatic rings. The number of halogens is 4. The first-order chi connectivity index (χ1) is 13.6. The molecule has 11 heteroatoms. The minimum absolute atomic E-state index is 0.0723. The van der Waals surface area contributed by atoms with Gasteiger partial charge in [0.25, 0.3) is 0 Å². The molecule has 4 rings (SSSR count). The number of hydrogen-bond donors (Lipinski definition) is 2. The van der Waals surface area contributed by atoms with Crippen molar-refractivity contribution < 1.29 is 13.2 Å². The Hall–Kier alpha value is -3.14. The molecule has 0 fully saturated rings. The van der Waals surface area contributed by atoms with Gasteiger partial charge in [0.1, 0.15) is 11.3 Å². The molecule has 3 aromatic heterocycles. The molecule has 3 heterocycles. The Labute approximate surface area is 167 Å². The molecule has 4 aromatic rings. The first-order valence-electron chi connectivity index (χ1n) is 8.53. The van der Waals surface area contributed by atoms with Crippen LogP contribution in [0.3, 0.4) is 0 Å². The molecule has 0 bridgehead atoms. The molecule has 1 aromatic carbocycles. The van der Waals surface area contributed by atoms with E-state index in [1.807, 2.05) is 6.92 Å². The van der Waals surface area contributed by atoms with Crippen LogP contribution < -0.4 is 5.62 Å². The van der Waals surface area contributed by atoms with Crippen LogP contribution in [-0.2, 0) is 13.2 Å². The number of H-pyrrole nitrogens is 1. The van der Waals surface area contributed by atoms with Gasteiger partial charge in [-0.2, -0.15) is 18.2 Å². The number of aromatic nitrogens is 6. The number of aromatic amines is 1. The van der Waals surface area contributed by atoms with E-state index < -0.39 is 11.9 Å². The van der Waals surface area contributed by atoms with Crippen LogP contribution in [0.15, 0.2) is 36.7 Å². The monoisotopic (exact) mass is 421 g/mol. The molecule has 0 saturated carbocycles. The molecule has 1 unspecified atom stereocenters. The van der Waals surface area contributed by atoms with Crippen LogP contribution in [0, 0.1) is 5.41 Å². The molecule has 150 valence electrons. The Kier molecular flexibility index (Phi) is 4.45. The summed E-state index contributed by atoms with van der Waals surface area (Å²) in [5.74, 6) is 0.219. The molecule has 0 radical (unpaired) electrons. The number of fused-ring (bicyclic) bond motifs is 1. The third-order valence-corrected chi connectivity index (χ3v) is 4.85. The minimum Gasteiger partial charge on any atom is -0.333 e. The maximum Gasteiger partial charge on any atom is 0.434 e. The highest BCUT2D eigenvalue weighted by Gasteiger charge is 2.34. The van der Waals surface area contributed by atoms with Gasteiger partial charge in [-0.05, 0) is 24.1 Å². The normalized spacial score (nSPS) is 13.2. The van der Waals surface area contributed by atoms with Gasteiger partial charge >= 0.3 is 6.18 Å². The second-order valence-electron chi connectivity index (χ2n) is 6.58. The Morgan fingerprint density at radius 1 is 1.17 bits per heavy atom. The van der Waals surface area contributed by atoms with Crippen LogP contribution in [0.25, 0.3) is 22.6 Å². The van der Waals surface area contributed by atoms with Gasteiger partial charge in [0.2, 0.25) is 10.9 Å². The van der Waals surface area contributed by atoms with Crippen LogP contribution in [-0.4, -0.2) is 29.1 Å². The number of nitrogens with one attached hydrogen (secondary N) is 2. The van der Waals surface area contributed by atoms with Crippen LogP contribution in [0.1, 0.15) is 24.2 Å². The first-order valence-corrected chi connectivity index (χ1v) is 8.91. The minimum atomic E-state index is -4.50. The van der Waals surface area contributed by atoms with Crippen molar-refractivity contribution in [1.29, 1.82) is 5.41 Å². The predicted molar refractivity (Wildman–Crippen MR) is 100 cm³/mol. The van der Waals surface area contributed by atoms with E-state index in [9.17, 15) is 13.2 Å². The lowest BCUT2D eigenvalue weighted by atomic mass is 10.1. The van der Waals surface area contributed by atoms with Gasteiger partial charge < -0.3 is 9.55 Å². The van der Waals surface area contributed by atoms with E-state index in [1.54, 1.807) is 28.8 Å². The fraction of sp³-hybridized carbons (Fsp3) is 0.222. The van der Waals surface area contributed by atoms with Crippen LogP contribution >= 0.6 is 11.6 Å². The van der Waals surface area contributed by atoms with Gasteiger partial charge in [0, 0.05) is 18.8 Å². The summed E-state index contributed by atoms with van der Waals surface area (Å²) in [7, 11) is 1.52. The molecular weight excluding hydrogens is 407 g/mol. The van der Waals surface area contributed by atoms with E-state index in [1.165, 1.54) is 17.8 Å². The average Bonchev–Trinajstić information content (AvgIpc) is 3.20. The summed E-state index contributed by atoms with van der Waals surface area (Å²) >= 11 is 5.89. The lowest BCUT2D eigenvalue weighted by Gasteiger charge is -2.15. The van der Waals surface area contributed by atoms with Crippen LogP contribution in [0.5, 0.6) is 0 Å². The highest BCUT2D eigenvalue weighted by molar-refractivity contribution is 6.28. The number of benzene rings is 1. The van der Waals surface area contributed by atoms with Gasteiger partial charge in [-0.15, -0.1) is 0 Å². The van der Waals surface area contributed by atoms with Gasteiger partial charge in [-0.1, -0.05) is 24.3 Å². The fourth-order valence-electron chi connectivity index (χ4n) is 3.23. The maximum atomic E-state index is 12.9. The third kappa shape index (κ3) is 3.39. The van der Waals surface area contributed by atoms with Gasteiger partial charge in [0.05, 0.1) is 12.2 Å². The molecule has 0 aliphatic carbocycles. The van der Waals surface area contributed by atoms with Crippen molar-refractivity contribution in [3.05, 3.63) is 58.8 Å². The summed E-state index contributed by atoms with van der Waals surface area (Å²) in [6.07, 6.45) is -2.03. The van der Waals surface area contributed by atoms with E-state index in [0.29, 0.717) is 16.7 Å². The zero-order valence-corrected chi connectivity index (χ0v) is 16.0. The molecule has 0 saturated heterocycles. The number of imidazole rings is 2. The fourth-order valence-corrected chi connectivity index (χ4v) is 3.35. The Bertz CT molecular complexity index is 1250. The van der Waals surface area contributed by atoms with E-state index in [0.717, 1.165) is 11.8 Å². The van der Waals surface area contributed by atoms with Crippen molar-refractivity contribution in [1.82, 2.24) is 29.1 Å². The molecule has 0 aliphatic heterocycles. The largest absolute Gasteiger partial charge is 0.434 e. The summed E-state index contributed by atoms with van der Waals surface area (Å²) in [6, 6.07) is 6.71. The summed E-state index contributed by atoms with van der Waals surface area (Å²) in [6.45, 7) is 1.89. The zero-order valence-electron chi connectivity index (χ0n) is 15.3. The topological polar surface area (TPSA) is 88.2 Å². The molecule has 0 spiro atoms. The Morgan fingerprint density at radius 3 is 2.48 bits per heavy atom. The standard InChI is InChI=1S/C18H15ClF3N7/c1-9(29-15-12(25-17(29)23)7-24-16(19)27-15)10-3-5-11(6-4-10)14-26-13(8-28(14)2)18(20,21)22/h3-9H,1-2H3,(H2,23,25). The van der Waals surface area contributed by atoms with Gasteiger partial charge in [-0.25, -0.2) is 9.97 Å². The Balaban J connectivity index is 1.71. The summed E-state index contributed by atoms with van der Waals surface area (Å²) in [4.78, 5) is 14.7. The average molecular weight is 422 g/mol. The second kappa shape index (κ2) is 6.73. The number of alkyl halides is 3. The quantitative estimate of drug-likeness (QED) is 0.491. The maximum absolute atomic E-state index is 12.9. The van der Waals surface area contributed by atoms with Crippen molar-refractivity contribution in [2.24, 2.45) is 7.05 Å². The smallest absolute Gasteiger partial charge is 0.333 e. The number of nitrogens with zero attached hydrogens (tertiary/aromatic N) is 5. The van der Waals surface area contributed by atoms with Crippen LogP contribution in [0.4, 0.5) is 13.2 Å². The second-order valence-corrected chi connectivity index (χ2v) is 6.91. The van der Waals surface area contributed by atoms with Crippen molar-refractivity contribution in [2.45, 2.75) is 19.1 Å². The SMILES string of the molecule is CC(c1ccc(-c2nc(C(F)(F)F)cn2C)cc1)n1c(=N)[nH]c2cnc(Cl)nc21. The molecule has 2 N–H and O–H groups in total. The van der Waals surface area contributed by atoms with Crippen molar-refractivity contribution in [2.75, 3.05) is 0 Å². The molecular formula is C18H15ClF3N7. The summed E-state index contributed by atoms with van der Waals surface area (Å²) in [5, 5.41) is 8.26. The molecule has 7 nitrogen and oxygen atoms in total. The number of hydrogen-bond acceptors (Lipinski definition) is 4. The first kappa shape index (κ1) is 19.2. The van der Waals surface area contributed by atoms with E-state index in [2.05, 4.69) is 19.9 Å². The van der Waals surface area contributed by atoms with Gasteiger partial charge in [-0.3, -0.25) is 9.98 Å². The highest BCUT2D eigenvalue weighted by Crippen LogP contribution is 2.31. The van der Waals surface area contributed by atoms with E-state index >= 15 is 0 Å². The number of aryl methyl sites for hydroxylation is 1. The van der Waals surface area contributed by atoms with Gasteiger partial charge in [0.15, 0.2) is 11.3 Å². The highest BCUT2D eigenvalue weighted by atomic mass is 35.5. The van der Waals surface area contributed by atoms with E-state index in [-0.39, 0.29) is 22.8 Å². The summed E-state index contributed by atoms with van der Waals surface area (Å²) < 4.78 is 41.7. The van der Waals surface area contributed by atoms with Crippen LogP contribution in [0.2, 0.25) is 5.28 Å². The lowest BCUT2D eigenvalue weighted by Crippen LogP contribution is -2.21. The van der Waals surface area contributed by atoms with Crippen molar-refractivity contribution >= 4 is 22.8 Å². The Morgan fingerprint density at radius 2 is 1.86 bits per heavy atom. The number of rotatable bonds is 3. The summed E-state index contributed by atoms with van der Waals surface area (Å²) in [5.41, 5.74) is 1.66. The van der Waals surface area contributed by atoms with Crippen molar-refractivity contribution in [3.63, 3.8) is 0 Å². The third-order valence-electron chi connectivity index (χ3n) is 4.67. The zero-order chi connectivity index (χ0) is 20.9. The van der Waals surface area contributed by atoms with E-state index in [4.69, 9.17) is 17.0 Å². The molecule has 0 amide bonds. The van der Waals surface area contributed by atoms with Crippen molar-refractivity contribution in [3.8, 4) is 11.4 Å². The lowest BCUT2D eigenvalue weighted by molar-refractivity contribution is -0.140. The molecule has 1 atom stereocenters. The predicted octanol–water partition coefficient (Wildman–Crippen LogP) is 3.92. The molecule has 29 heavy (non-hydrogen) atoms.